The quantitative estimate of drug-likeness (QED) is 0.418. The third-order valence-electron chi connectivity index (χ3n) is 1.99. The van der Waals surface area contributed by atoms with Gasteiger partial charge in [-0.2, -0.15) is 30.3 Å². The normalized spacial score (nSPS) is 21.8. The summed E-state index contributed by atoms with van der Waals surface area (Å²) < 4.78 is 6.60. The molecule has 1 unspecified atom stereocenters. The Bertz CT molecular complexity index is 374. The third kappa shape index (κ3) is 1.38. The van der Waals surface area contributed by atoms with Gasteiger partial charge in [0.15, 0.2) is 6.73 Å². The molecule has 1 atom stereocenters. The molecule has 2 rings (SSSR count). The maximum Gasteiger partial charge on any atom is 0.310 e. The fourth-order valence-corrected chi connectivity index (χ4v) is 1.23. The van der Waals surface area contributed by atoms with E-state index >= 15 is 0 Å². The standard InChI is InChI=1S/C10H10NO2/c1-8-10(12)11(7-13-8)9-5-3-2-4-6-9/h2-8H,1H3/q-1. The van der Waals surface area contributed by atoms with Crippen LogP contribution in [-0.4, -0.2) is 12.0 Å². The summed E-state index contributed by atoms with van der Waals surface area (Å²) in [4.78, 5) is 11.5. The first-order valence-corrected chi connectivity index (χ1v) is 4.16. The summed E-state index contributed by atoms with van der Waals surface area (Å²) in [6.07, 6.45) is -0.361. The maximum absolute atomic E-state index is 11.5. The lowest BCUT2D eigenvalue weighted by molar-refractivity contribution is -0.124. The van der Waals surface area contributed by atoms with Gasteiger partial charge in [-0.15, -0.1) is 0 Å². The Balaban J connectivity index is 2.53. The summed E-state index contributed by atoms with van der Waals surface area (Å²) in [7, 11) is 0. The molecule has 68 valence electrons. The average molecular weight is 176 g/mol. The Kier molecular flexibility index (Phi) is 1.94. The fraction of sp³-hybridized carbons (Fsp3) is 0.200. The molecule has 0 saturated carbocycles. The minimum atomic E-state index is -0.361. The number of carbonyl (C=O) groups excluding carboxylic acids is 1. The van der Waals surface area contributed by atoms with Gasteiger partial charge in [-0.1, -0.05) is 0 Å². The molecule has 1 aromatic carbocycles. The number of ether oxygens (including phenoxy) is 1. The lowest BCUT2D eigenvalue weighted by atomic mass is 10.3. The highest BCUT2D eigenvalue weighted by atomic mass is 16.5. The van der Waals surface area contributed by atoms with Gasteiger partial charge in [0.25, 0.3) is 0 Å². The molecule has 3 nitrogen and oxygen atoms in total. The first-order valence-electron chi connectivity index (χ1n) is 4.16. The number of carbonyl (C=O) groups is 1. The van der Waals surface area contributed by atoms with Gasteiger partial charge in [0.05, 0.1) is 0 Å². The summed E-state index contributed by atoms with van der Waals surface area (Å²) >= 11 is 0. The van der Waals surface area contributed by atoms with Crippen LogP contribution in [0.5, 0.6) is 0 Å². The van der Waals surface area contributed by atoms with Gasteiger partial charge in [-0.25, -0.2) is 0 Å². The number of para-hydroxylation sites is 1. The smallest absolute Gasteiger partial charge is 0.310 e. The van der Waals surface area contributed by atoms with Crippen molar-refractivity contribution in [3.63, 3.8) is 0 Å². The van der Waals surface area contributed by atoms with E-state index in [1.165, 1.54) is 11.3 Å². The fourth-order valence-electron chi connectivity index (χ4n) is 1.23. The average Bonchev–Trinajstić information content (AvgIpc) is 2.49. The van der Waals surface area contributed by atoms with E-state index in [0.29, 0.717) is 0 Å². The van der Waals surface area contributed by atoms with Gasteiger partial charge in [0.2, 0.25) is 0 Å². The molecular weight excluding hydrogens is 166 g/mol. The van der Waals surface area contributed by atoms with Crippen molar-refractivity contribution in [1.82, 2.24) is 4.58 Å². The molecule has 0 bridgehead atoms. The number of rotatable bonds is 0. The Labute approximate surface area is 76.3 Å². The van der Waals surface area contributed by atoms with Gasteiger partial charge in [0.1, 0.15) is 6.10 Å². The Morgan fingerprint density at radius 2 is 2.38 bits per heavy atom. The van der Waals surface area contributed by atoms with Gasteiger partial charge >= 0.3 is 5.91 Å². The van der Waals surface area contributed by atoms with Crippen LogP contribution in [0.25, 0.3) is 0 Å². The SMILES string of the molecule is CC1O[CH-][N+](=c2cccc[cH-]2)C1=O. The monoisotopic (exact) mass is 176 g/mol. The molecule has 0 spiro atoms. The maximum atomic E-state index is 11.5. The summed E-state index contributed by atoms with van der Waals surface area (Å²) in [5, 5.41) is 0.844. The highest BCUT2D eigenvalue weighted by Crippen LogP contribution is 2.04. The van der Waals surface area contributed by atoms with E-state index in [-0.39, 0.29) is 12.0 Å². The van der Waals surface area contributed by atoms with Crippen LogP contribution in [0, 0.1) is 6.73 Å². The first-order chi connectivity index (χ1) is 6.29. The van der Waals surface area contributed by atoms with Crippen molar-refractivity contribution < 1.29 is 9.53 Å². The molecule has 1 amide bonds. The van der Waals surface area contributed by atoms with E-state index < -0.39 is 0 Å². The third-order valence-corrected chi connectivity index (χ3v) is 1.99. The van der Waals surface area contributed by atoms with E-state index in [9.17, 15) is 4.79 Å². The lowest BCUT2D eigenvalue weighted by Gasteiger charge is -2.00. The molecule has 1 aliphatic heterocycles. The summed E-state index contributed by atoms with van der Waals surface area (Å²) in [6.45, 7) is 3.20. The molecule has 0 aromatic heterocycles. The van der Waals surface area contributed by atoms with Crippen LogP contribution in [0.3, 0.4) is 0 Å². The molecule has 1 aromatic rings. The van der Waals surface area contributed by atoms with Gasteiger partial charge in [0, 0.05) is 5.36 Å². The predicted octanol–water partition coefficient (Wildman–Crippen LogP) is 0.242. The van der Waals surface area contributed by atoms with Crippen LogP contribution >= 0.6 is 0 Å². The Hall–Kier alpha value is -1.48. The molecule has 3 heteroatoms. The highest BCUT2D eigenvalue weighted by Gasteiger charge is 2.25. The van der Waals surface area contributed by atoms with Crippen molar-refractivity contribution in [3.05, 3.63) is 42.4 Å². The number of nitrogens with zero attached hydrogens (tertiary/aromatic N) is 1. The number of hydrogen-bond donors (Lipinski definition) is 0. The van der Waals surface area contributed by atoms with Gasteiger partial charge in [-0.3, -0.25) is 9.37 Å². The second kappa shape index (κ2) is 3.11. The van der Waals surface area contributed by atoms with Crippen molar-refractivity contribution in [2.45, 2.75) is 13.0 Å². The van der Waals surface area contributed by atoms with Crippen molar-refractivity contribution in [2.75, 3.05) is 0 Å². The minimum absolute atomic E-state index is 0.0220. The highest BCUT2D eigenvalue weighted by molar-refractivity contribution is 5.84. The minimum Gasteiger partial charge on any atom is -0.354 e. The molecule has 0 radical (unpaired) electrons. The zero-order valence-electron chi connectivity index (χ0n) is 7.31. The second-order valence-electron chi connectivity index (χ2n) is 2.93. The predicted molar refractivity (Wildman–Crippen MR) is 47.2 cm³/mol. The van der Waals surface area contributed by atoms with E-state index in [1.807, 2.05) is 30.3 Å². The first kappa shape index (κ1) is 8.13. The van der Waals surface area contributed by atoms with Gasteiger partial charge < -0.3 is 4.74 Å². The second-order valence-corrected chi connectivity index (χ2v) is 2.93. The zero-order chi connectivity index (χ0) is 9.26. The topological polar surface area (TPSA) is 29.3 Å². The van der Waals surface area contributed by atoms with Crippen molar-refractivity contribution in [3.8, 4) is 0 Å². The van der Waals surface area contributed by atoms with E-state index in [4.69, 9.17) is 4.74 Å². The van der Waals surface area contributed by atoms with Crippen molar-refractivity contribution >= 4 is 5.91 Å². The van der Waals surface area contributed by atoms with E-state index in [0.717, 1.165) is 5.36 Å². The molecule has 0 N–H and O–H groups in total. The molecule has 1 saturated heterocycles. The van der Waals surface area contributed by atoms with Crippen LogP contribution in [-0.2, 0) is 9.53 Å². The molecule has 1 fully saturated rings. The molecule has 13 heavy (non-hydrogen) atoms. The number of hydrogen-bond acceptors (Lipinski definition) is 2. The number of benzene rings is 1. The van der Waals surface area contributed by atoms with Crippen molar-refractivity contribution in [1.29, 1.82) is 0 Å². The van der Waals surface area contributed by atoms with E-state index in [2.05, 4.69) is 0 Å². The zero-order valence-corrected chi connectivity index (χ0v) is 7.31. The Morgan fingerprint density at radius 3 is 2.92 bits per heavy atom. The van der Waals surface area contributed by atoms with Crippen LogP contribution in [0.15, 0.2) is 30.3 Å². The molecule has 1 aliphatic rings. The molecule has 1 heterocycles. The van der Waals surface area contributed by atoms with Gasteiger partial charge in [-0.05, 0) is 6.92 Å². The van der Waals surface area contributed by atoms with E-state index in [1.54, 1.807) is 6.92 Å². The van der Waals surface area contributed by atoms with Crippen LogP contribution < -0.4 is 9.93 Å². The lowest BCUT2D eigenvalue weighted by Crippen LogP contribution is -2.31. The van der Waals surface area contributed by atoms with Crippen LogP contribution in [0.1, 0.15) is 6.92 Å². The summed E-state index contributed by atoms with van der Waals surface area (Å²) in [5.74, 6) is -0.0220. The summed E-state index contributed by atoms with van der Waals surface area (Å²) in [6, 6.07) is 9.43. The molecular formula is C10H10NO2-. The summed E-state index contributed by atoms with van der Waals surface area (Å²) in [5.41, 5.74) is 0. The van der Waals surface area contributed by atoms with Crippen LogP contribution in [0.2, 0.25) is 0 Å². The molecule has 0 aliphatic carbocycles. The van der Waals surface area contributed by atoms with Crippen LogP contribution in [0.4, 0.5) is 0 Å². The Morgan fingerprint density at radius 1 is 1.54 bits per heavy atom. The largest absolute Gasteiger partial charge is 0.354 e. The van der Waals surface area contributed by atoms with Crippen molar-refractivity contribution in [2.24, 2.45) is 0 Å². The number of amides is 1.